The number of nitrogens with zero attached hydrogens (tertiary/aromatic N) is 2. The standard InChI is InChI=1S/C28H41N3O5S/c1-4-16-36-25-9-7-24(8-10-25)26-29-27(33)28(30-26)12-14-31(15-13-28)37(34,35)17-11-23-6-5-22(18-20(23)2)19-21(3)32/h5-6,18,24-25H,4,7-17,19H2,1-3H3,(H,29,30,33). The van der Waals surface area contributed by atoms with Crippen LogP contribution in [0.2, 0.25) is 0 Å². The van der Waals surface area contributed by atoms with E-state index in [4.69, 9.17) is 9.73 Å². The van der Waals surface area contributed by atoms with Crippen LogP contribution >= 0.6 is 0 Å². The average Bonchev–Trinajstić information content (AvgIpc) is 3.17. The minimum Gasteiger partial charge on any atom is -0.378 e. The minimum absolute atomic E-state index is 0.0248. The Morgan fingerprint density at radius 3 is 2.51 bits per heavy atom. The van der Waals surface area contributed by atoms with E-state index >= 15 is 0 Å². The summed E-state index contributed by atoms with van der Waals surface area (Å²) in [5.74, 6) is 1.09. The normalized spacial score (nSPS) is 24.2. The zero-order chi connectivity index (χ0) is 26.6. The molecule has 1 aromatic rings. The number of sulfonamides is 1. The number of amidine groups is 1. The maximum absolute atomic E-state index is 13.1. The van der Waals surface area contributed by atoms with E-state index in [-0.39, 0.29) is 23.4 Å². The lowest BCUT2D eigenvalue weighted by molar-refractivity contribution is -0.125. The van der Waals surface area contributed by atoms with Gasteiger partial charge in [-0.25, -0.2) is 12.7 Å². The molecule has 9 heteroatoms. The van der Waals surface area contributed by atoms with E-state index in [2.05, 4.69) is 12.2 Å². The van der Waals surface area contributed by atoms with Gasteiger partial charge in [0.25, 0.3) is 5.91 Å². The number of hydrogen-bond donors (Lipinski definition) is 1. The van der Waals surface area contributed by atoms with Gasteiger partial charge in [0.1, 0.15) is 17.2 Å². The van der Waals surface area contributed by atoms with Crippen LogP contribution in [-0.4, -0.2) is 67.3 Å². The van der Waals surface area contributed by atoms with Crippen LogP contribution in [0.4, 0.5) is 0 Å². The fraction of sp³-hybridized carbons (Fsp3) is 0.679. The molecule has 0 atom stereocenters. The Bertz CT molecular complexity index is 1130. The molecule has 37 heavy (non-hydrogen) atoms. The van der Waals surface area contributed by atoms with Crippen molar-refractivity contribution in [2.75, 3.05) is 25.4 Å². The number of aliphatic imine (C=N–C) groups is 1. The number of aryl methyl sites for hydroxylation is 2. The maximum atomic E-state index is 13.1. The molecule has 1 amide bonds. The highest BCUT2D eigenvalue weighted by atomic mass is 32.2. The predicted octanol–water partition coefficient (Wildman–Crippen LogP) is 3.35. The number of nitrogens with one attached hydrogen (secondary N) is 1. The Balaban J connectivity index is 1.31. The summed E-state index contributed by atoms with van der Waals surface area (Å²) in [5, 5.41) is 3.05. The second-order valence-electron chi connectivity index (χ2n) is 10.9. The number of Topliss-reactive ketones (excluding diaryl/α,β-unsaturated/α-hetero) is 1. The monoisotopic (exact) mass is 531 g/mol. The quantitative estimate of drug-likeness (QED) is 0.499. The molecular formula is C28H41N3O5S. The van der Waals surface area contributed by atoms with E-state index in [0.717, 1.165) is 61.2 Å². The predicted molar refractivity (Wildman–Crippen MR) is 144 cm³/mol. The highest BCUT2D eigenvalue weighted by Crippen LogP contribution is 2.35. The number of carbonyl (C=O) groups is 2. The summed E-state index contributed by atoms with van der Waals surface area (Å²) in [4.78, 5) is 29.2. The number of benzene rings is 1. The fourth-order valence-electron chi connectivity index (χ4n) is 5.80. The van der Waals surface area contributed by atoms with Crippen LogP contribution in [-0.2, 0) is 37.2 Å². The van der Waals surface area contributed by atoms with Crippen LogP contribution in [0.25, 0.3) is 0 Å². The molecule has 1 spiro atoms. The topological polar surface area (TPSA) is 105 Å². The van der Waals surface area contributed by atoms with E-state index in [1.807, 2.05) is 25.1 Å². The second kappa shape index (κ2) is 11.7. The Kier molecular flexibility index (Phi) is 8.86. The molecule has 2 heterocycles. The van der Waals surface area contributed by atoms with Crippen molar-refractivity contribution in [3.63, 3.8) is 0 Å². The number of piperidine rings is 1. The Morgan fingerprint density at radius 1 is 1.19 bits per heavy atom. The molecule has 1 aliphatic carbocycles. The number of hydrogen-bond acceptors (Lipinski definition) is 6. The van der Waals surface area contributed by atoms with Gasteiger partial charge in [-0.3, -0.25) is 14.6 Å². The molecule has 8 nitrogen and oxygen atoms in total. The van der Waals surface area contributed by atoms with Gasteiger partial charge in [-0.15, -0.1) is 0 Å². The lowest BCUT2D eigenvalue weighted by Gasteiger charge is -2.34. The summed E-state index contributed by atoms with van der Waals surface area (Å²) in [5.41, 5.74) is 2.09. The molecule has 0 bridgehead atoms. The van der Waals surface area contributed by atoms with E-state index in [1.165, 1.54) is 4.31 Å². The summed E-state index contributed by atoms with van der Waals surface area (Å²) in [7, 11) is -3.45. The highest BCUT2D eigenvalue weighted by molar-refractivity contribution is 7.89. The molecule has 3 aliphatic rings. The average molecular weight is 532 g/mol. The van der Waals surface area contributed by atoms with Gasteiger partial charge < -0.3 is 10.1 Å². The van der Waals surface area contributed by atoms with E-state index < -0.39 is 15.6 Å². The van der Waals surface area contributed by atoms with Gasteiger partial charge in [0, 0.05) is 32.0 Å². The van der Waals surface area contributed by atoms with E-state index in [9.17, 15) is 18.0 Å². The molecule has 1 saturated carbocycles. The fourth-order valence-corrected chi connectivity index (χ4v) is 7.27. The molecule has 0 unspecified atom stereocenters. The van der Waals surface area contributed by atoms with Gasteiger partial charge in [0.15, 0.2) is 0 Å². The molecule has 1 N–H and O–H groups in total. The first kappa shape index (κ1) is 27.9. The molecular weight excluding hydrogens is 490 g/mol. The van der Waals surface area contributed by atoms with Crippen molar-refractivity contribution in [3.05, 3.63) is 34.9 Å². The molecule has 2 aliphatic heterocycles. The van der Waals surface area contributed by atoms with E-state index in [1.54, 1.807) is 6.92 Å². The Hall–Kier alpha value is -2.10. The molecule has 1 saturated heterocycles. The van der Waals surface area contributed by atoms with Gasteiger partial charge in [-0.1, -0.05) is 25.1 Å². The van der Waals surface area contributed by atoms with Crippen LogP contribution in [0.1, 0.15) is 75.5 Å². The SMILES string of the molecule is CCCOC1CCC(C2=NC3(CCN(S(=O)(=O)CCc4ccc(CC(C)=O)cc4C)CC3)C(=O)N2)CC1. The zero-order valence-corrected chi connectivity index (χ0v) is 23.2. The molecule has 204 valence electrons. The Labute approximate surface area is 221 Å². The first-order chi connectivity index (χ1) is 17.6. The van der Waals surface area contributed by atoms with Crippen LogP contribution in [0.15, 0.2) is 23.2 Å². The number of amides is 1. The van der Waals surface area contributed by atoms with Gasteiger partial charge in [0.05, 0.1) is 11.9 Å². The van der Waals surface area contributed by atoms with Gasteiger partial charge in [0.2, 0.25) is 10.0 Å². The third kappa shape index (κ3) is 6.67. The summed E-state index contributed by atoms with van der Waals surface area (Å²) < 4.78 is 33.6. The highest BCUT2D eigenvalue weighted by Gasteiger charge is 2.48. The first-order valence-electron chi connectivity index (χ1n) is 13.7. The minimum atomic E-state index is -3.45. The second-order valence-corrected chi connectivity index (χ2v) is 13.0. The molecule has 2 fully saturated rings. The van der Waals surface area contributed by atoms with E-state index in [0.29, 0.717) is 44.9 Å². The number of ether oxygens (including phenoxy) is 1. The summed E-state index contributed by atoms with van der Waals surface area (Å²) in [6, 6.07) is 5.80. The van der Waals surface area contributed by atoms with Crippen molar-refractivity contribution in [1.29, 1.82) is 0 Å². The van der Waals surface area contributed by atoms with Crippen molar-refractivity contribution in [3.8, 4) is 0 Å². The first-order valence-corrected chi connectivity index (χ1v) is 15.3. The number of carbonyl (C=O) groups excluding carboxylic acids is 2. The number of rotatable bonds is 10. The van der Waals surface area contributed by atoms with Crippen LogP contribution < -0.4 is 5.32 Å². The third-order valence-electron chi connectivity index (χ3n) is 8.05. The van der Waals surface area contributed by atoms with Crippen LogP contribution in [0.3, 0.4) is 0 Å². The van der Waals surface area contributed by atoms with Crippen molar-refractivity contribution in [2.45, 2.75) is 90.2 Å². The maximum Gasteiger partial charge on any atom is 0.253 e. The Morgan fingerprint density at radius 2 is 1.89 bits per heavy atom. The zero-order valence-electron chi connectivity index (χ0n) is 22.4. The van der Waals surface area contributed by atoms with Crippen molar-refractivity contribution in [1.82, 2.24) is 9.62 Å². The van der Waals surface area contributed by atoms with Crippen molar-refractivity contribution < 1.29 is 22.7 Å². The lowest BCUT2D eigenvalue weighted by Crippen LogP contribution is -2.51. The van der Waals surface area contributed by atoms with Crippen molar-refractivity contribution in [2.24, 2.45) is 10.9 Å². The largest absolute Gasteiger partial charge is 0.378 e. The number of ketones is 1. The molecule has 0 aromatic heterocycles. The lowest BCUT2D eigenvalue weighted by atomic mass is 9.86. The van der Waals surface area contributed by atoms with Crippen LogP contribution in [0.5, 0.6) is 0 Å². The third-order valence-corrected chi connectivity index (χ3v) is 9.92. The van der Waals surface area contributed by atoms with Gasteiger partial charge in [-0.2, -0.15) is 0 Å². The summed E-state index contributed by atoms with van der Waals surface area (Å²) in [6.45, 7) is 7.04. The molecule has 0 radical (unpaired) electrons. The smallest absolute Gasteiger partial charge is 0.253 e. The summed E-state index contributed by atoms with van der Waals surface area (Å²) >= 11 is 0. The van der Waals surface area contributed by atoms with Gasteiger partial charge in [-0.05, 0) is 81.9 Å². The summed E-state index contributed by atoms with van der Waals surface area (Å²) in [6.07, 6.45) is 6.84. The van der Waals surface area contributed by atoms with Crippen molar-refractivity contribution >= 4 is 27.5 Å². The van der Waals surface area contributed by atoms with Gasteiger partial charge >= 0.3 is 0 Å². The van der Waals surface area contributed by atoms with Crippen LogP contribution in [0, 0.1) is 12.8 Å². The molecule has 4 rings (SSSR count). The molecule has 1 aromatic carbocycles.